The molecule has 1 saturated carbocycles. The summed E-state index contributed by atoms with van der Waals surface area (Å²) in [4.78, 5) is 0. The molecule has 20 heavy (non-hydrogen) atoms. The lowest BCUT2D eigenvalue weighted by molar-refractivity contribution is 0.225. The van der Waals surface area contributed by atoms with Crippen LogP contribution in [0.5, 0.6) is 0 Å². The highest BCUT2D eigenvalue weighted by Crippen LogP contribution is 2.29. The van der Waals surface area contributed by atoms with Crippen molar-refractivity contribution in [3.63, 3.8) is 0 Å². The zero-order valence-corrected chi connectivity index (χ0v) is 13.8. The molecule has 0 bridgehead atoms. The molecule has 2 nitrogen and oxygen atoms in total. The van der Waals surface area contributed by atoms with Crippen LogP contribution < -0.4 is 10.6 Å². The second-order valence-electron chi connectivity index (χ2n) is 6.22. The highest BCUT2D eigenvalue weighted by Gasteiger charge is 2.27. The van der Waals surface area contributed by atoms with Gasteiger partial charge in [0.2, 0.25) is 0 Å². The third kappa shape index (κ3) is 3.51. The second kappa shape index (κ2) is 6.57. The molecule has 110 valence electrons. The Hall–Kier alpha value is -1.09. The minimum atomic E-state index is 0.504. The molecule has 1 aliphatic rings. The van der Waals surface area contributed by atoms with Gasteiger partial charge in [-0.15, -0.1) is 0 Å². The SMILES string of the molecule is Cc1cccc(NC(=S)N[C@@H]2CCC[C@H](C)[C@H]2C)c1C. The van der Waals surface area contributed by atoms with Crippen LogP contribution in [0.1, 0.15) is 44.2 Å². The molecule has 0 aliphatic heterocycles. The summed E-state index contributed by atoms with van der Waals surface area (Å²) in [6, 6.07) is 6.79. The Labute approximate surface area is 128 Å². The maximum Gasteiger partial charge on any atom is 0.171 e. The Balaban J connectivity index is 1.97. The van der Waals surface area contributed by atoms with Crippen molar-refractivity contribution in [2.45, 2.75) is 53.0 Å². The van der Waals surface area contributed by atoms with Gasteiger partial charge in [-0.25, -0.2) is 0 Å². The van der Waals surface area contributed by atoms with Crippen LogP contribution in [0, 0.1) is 25.7 Å². The van der Waals surface area contributed by atoms with Gasteiger partial charge in [-0.2, -0.15) is 0 Å². The van der Waals surface area contributed by atoms with E-state index < -0.39 is 0 Å². The molecule has 1 fully saturated rings. The van der Waals surface area contributed by atoms with Gasteiger partial charge >= 0.3 is 0 Å². The van der Waals surface area contributed by atoms with Crippen molar-refractivity contribution in [3.8, 4) is 0 Å². The Bertz CT molecular complexity index is 484. The van der Waals surface area contributed by atoms with E-state index in [1.807, 2.05) is 0 Å². The van der Waals surface area contributed by atoms with Gasteiger partial charge in [0.1, 0.15) is 0 Å². The summed E-state index contributed by atoms with van der Waals surface area (Å²) in [7, 11) is 0. The van der Waals surface area contributed by atoms with Crippen LogP contribution in [-0.4, -0.2) is 11.2 Å². The molecule has 2 N–H and O–H groups in total. The Morgan fingerprint density at radius 1 is 1.20 bits per heavy atom. The minimum Gasteiger partial charge on any atom is -0.359 e. The van der Waals surface area contributed by atoms with Crippen LogP contribution in [0.3, 0.4) is 0 Å². The number of thiocarbonyl (C=S) groups is 1. The average molecular weight is 290 g/mol. The van der Waals surface area contributed by atoms with Crippen molar-refractivity contribution in [1.82, 2.24) is 5.32 Å². The number of hydrogen-bond donors (Lipinski definition) is 2. The molecule has 1 aromatic carbocycles. The number of anilines is 1. The first-order valence-corrected chi connectivity index (χ1v) is 8.03. The summed E-state index contributed by atoms with van der Waals surface area (Å²) < 4.78 is 0. The molecule has 0 aromatic heterocycles. The van der Waals surface area contributed by atoms with Gasteiger partial charge in [0.05, 0.1) is 0 Å². The summed E-state index contributed by atoms with van der Waals surface area (Å²) in [5.41, 5.74) is 3.66. The first kappa shape index (κ1) is 15.3. The summed E-state index contributed by atoms with van der Waals surface area (Å²) in [6.07, 6.45) is 3.87. The maximum absolute atomic E-state index is 5.49. The minimum absolute atomic E-state index is 0.504. The first-order chi connectivity index (χ1) is 9.49. The Morgan fingerprint density at radius 3 is 2.70 bits per heavy atom. The molecule has 0 amide bonds. The van der Waals surface area contributed by atoms with E-state index in [2.05, 4.69) is 56.5 Å². The van der Waals surface area contributed by atoms with E-state index >= 15 is 0 Å². The van der Waals surface area contributed by atoms with Crippen LogP contribution in [0.2, 0.25) is 0 Å². The molecular formula is C17H26N2S. The van der Waals surface area contributed by atoms with Gasteiger partial charge in [0.25, 0.3) is 0 Å². The number of benzene rings is 1. The van der Waals surface area contributed by atoms with E-state index in [9.17, 15) is 0 Å². The second-order valence-corrected chi connectivity index (χ2v) is 6.63. The molecule has 1 aliphatic carbocycles. The molecule has 0 saturated heterocycles. The molecule has 3 heteroatoms. The molecule has 1 aromatic rings. The summed E-state index contributed by atoms with van der Waals surface area (Å²) >= 11 is 5.49. The third-order valence-corrected chi connectivity index (χ3v) is 5.10. The monoisotopic (exact) mass is 290 g/mol. The van der Waals surface area contributed by atoms with Gasteiger partial charge in [-0.1, -0.05) is 38.8 Å². The summed E-state index contributed by atoms with van der Waals surface area (Å²) in [5, 5.41) is 7.62. The van der Waals surface area contributed by atoms with E-state index in [0.717, 1.165) is 16.7 Å². The van der Waals surface area contributed by atoms with E-state index in [4.69, 9.17) is 12.2 Å². The number of hydrogen-bond acceptors (Lipinski definition) is 1. The Morgan fingerprint density at radius 2 is 1.95 bits per heavy atom. The third-order valence-electron chi connectivity index (χ3n) is 4.88. The fourth-order valence-corrected chi connectivity index (χ4v) is 3.26. The van der Waals surface area contributed by atoms with Crippen LogP contribution in [-0.2, 0) is 0 Å². The topological polar surface area (TPSA) is 24.1 Å². The van der Waals surface area contributed by atoms with Crippen LogP contribution in [0.4, 0.5) is 5.69 Å². The first-order valence-electron chi connectivity index (χ1n) is 7.62. The van der Waals surface area contributed by atoms with E-state index in [0.29, 0.717) is 12.0 Å². The fraction of sp³-hybridized carbons (Fsp3) is 0.588. The lowest BCUT2D eigenvalue weighted by atomic mass is 9.78. The van der Waals surface area contributed by atoms with Crippen LogP contribution >= 0.6 is 12.2 Å². The molecule has 0 heterocycles. The molecule has 0 spiro atoms. The Kier molecular flexibility index (Phi) is 5.03. The smallest absolute Gasteiger partial charge is 0.171 e. The lowest BCUT2D eigenvalue weighted by Crippen LogP contribution is -2.45. The zero-order valence-electron chi connectivity index (χ0n) is 13.0. The number of rotatable bonds is 2. The van der Waals surface area contributed by atoms with Crippen LogP contribution in [0.25, 0.3) is 0 Å². The van der Waals surface area contributed by atoms with Crippen molar-refractivity contribution >= 4 is 23.0 Å². The van der Waals surface area contributed by atoms with E-state index in [1.165, 1.54) is 30.4 Å². The van der Waals surface area contributed by atoms with Crippen molar-refractivity contribution < 1.29 is 0 Å². The lowest BCUT2D eigenvalue weighted by Gasteiger charge is -2.35. The van der Waals surface area contributed by atoms with Crippen molar-refractivity contribution in [1.29, 1.82) is 0 Å². The van der Waals surface area contributed by atoms with Gasteiger partial charge in [-0.3, -0.25) is 0 Å². The predicted molar refractivity (Wildman–Crippen MR) is 91.2 cm³/mol. The average Bonchev–Trinajstić information content (AvgIpc) is 2.40. The van der Waals surface area contributed by atoms with Gasteiger partial charge in [0, 0.05) is 11.7 Å². The van der Waals surface area contributed by atoms with Crippen molar-refractivity contribution in [2.24, 2.45) is 11.8 Å². The van der Waals surface area contributed by atoms with Gasteiger partial charge in [0.15, 0.2) is 5.11 Å². The number of aryl methyl sites for hydroxylation is 1. The van der Waals surface area contributed by atoms with E-state index in [1.54, 1.807) is 0 Å². The quantitative estimate of drug-likeness (QED) is 0.789. The largest absolute Gasteiger partial charge is 0.359 e. The van der Waals surface area contributed by atoms with Crippen molar-refractivity contribution in [2.75, 3.05) is 5.32 Å². The molecule has 0 radical (unpaired) electrons. The molecule has 3 atom stereocenters. The normalized spacial score (nSPS) is 26.1. The highest BCUT2D eigenvalue weighted by atomic mass is 32.1. The maximum atomic E-state index is 5.49. The molecule has 2 rings (SSSR count). The standard InChI is InChI=1S/C17H26N2S/c1-11-7-5-9-15(13(11)3)18-17(20)19-16-10-6-8-12(2)14(16)4/h5,7,9,12,14,16H,6,8,10H2,1-4H3,(H2,18,19,20)/t12-,14+,16+/m0/s1. The fourth-order valence-electron chi connectivity index (χ4n) is 3.00. The van der Waals surface area contributed by atoms with Gasteiger partial charge in [-0.05, 0) is 61.5 Å². The predicted octanol–water partition coefficient (Wildman–Crippen LogP) is 4.41. The van der Waals surface area contributed by atoms with Crippen molar-refractivity contribution in [3.05, 3.63) is 29.3 Å². The summed E-state index contributed by atoms with van der Waals surface area (Å²) in [6.45, 7) is 8.94. The summed E-state index contributed by atoms with van der Waals surface area (Å²) in [5.74, 6) is 1.46. The highest BCUT2D eigenvalue weighted by molar-refractivity contribution is 7.80. The molecule has 0 unspecified atom stereocenters. The van der Waals surface area contributed by atoms with Crippen LogP contribution in [0.15, 0.2) is 18.2 Å². The number of nitrogens with one attached hydrogen (secondary N) is 2. The van der Waals surface area contributed by atoms with Gasteiger partial charge < -0.3 is 10.6 Å². The molecular weight excluding hydrogens is 264 g/mol. The van der Waals surface area contributed by atoms with E-state index in [-0.39, 0.29) is 0 Å². The zero-order chi connectivity index (χ0) is 14.7.